The fourth-order valence-electron chi connectivity index (χ4n) is 1.66. The van der Waals surface area contributed by atoms with Gasteiger partial charge in [0.2, 0.25) is 5.91 Å². The van der Waals surface area contributed by atoms with Crippen molar-refractivity contribution in [2.24, 2.45) is 5.73 Å². The summed E-state index contributed by atoms with van der Waals surface area (Å²) >= 11 is 0. The molecule has 1 rings (SSSR count). The molecule has 0 bridgehead atoms. The molecule has 0 aromatic heterocycles. The van der Waals surface area contributed by atoms with Crippen LogP contribution in [0.25, 0.3) is 0 Å². The van der Waals surface area contributed by atoms with Crippen LogP contribution in [0.1, 0.15) is 31.7 Å². The lowest BCUT2D eigenvalue weighted by atomic mass is 10.2. The van der Waals surface area contributed by atoms with E-state index in [1.807, 2.05) is 38.1 Å². The monoisotopic (exact) mass is 264 g/mol. The third-order valence-electron chi connectivity index (χ3n) is 2.73. The third kappa shape index (κ3) is 7.47. The molecule has 0 saturated heterocycles. The van der Waals surface area contributed by atoms with Gasteiger partial charge in [-0.05, 0) is 44.4 Å². The van der Waals surface area contributed by atoms with E-state index in [4.69, 9.17) is 10.5 Å². The molecule has 1 unspecified atom stereocenters. The van der Waals surface area contributed by atoms with Gasteiger partial charge in [-0.3, -0.25) is 4.79 Å². The van der Waals surface area contributed by atoms with Crippen LogP contribution in [0.2, 0.25) is 0 Å². The summed E-state index contributed by atoms with van der Waals surface area (Å²) in [5.41, 5.74) is 6.78. The first-order valence-electron chi connectivity index (χ1n) is 6.79. The number of carbonyl (C=O) groups excluding carboxylic acids is 1. The number of aryl methyl sites for hydroxylation is 1. The second kappa shape index (κ2) is 8.53. The van der Waals surface area contributed by atoms with Gasteiger partial charge in [0.05, 0.1) is 6.61 Å². The van der Waals surface area contributed by atoms with E-state index in [-0.39, 0.29) is 11.9 Å². The summed E-state index contributed by atoms with van der Waals surface area (Å²) in [5.74, 6) is 0.922. The lowest BCUT2D eigenvalue weighted by molar-refractivity contribution is -0.121. The van der Waals surface area contributed by atoms with E-state index in [1.54, 1.807) is 0 Å². The molecule has 4 heteroatoms. The predicted octanol–water partition coefficient (Wildman–Crippen LogP) is 2.01. The fourth-order valence-corrected chi connectivity index (χ4v) is 1.66. The average Bonchev–Trinajstić information content (AvgIpc) is 2.34. The maximum absolute atomic E-state index is 11.5. The molecule has 106 valence electrons. The van der Waals surface area contributed by atoms with Crippen molar-refractivity contribution in [1.29, 1.82) is 0 Å². The van der Waals surface area contributed by atoms with Gasteiger partial charge in [0.1, 0.15) is 5.75 Å². The molecule has 3 N–H and O–H groups in total. The van der Waals surface area contributed by atoms with Gasteiger partial charge in [-0.1, -0.05) is 12.1 Å². The molecule has 0 radical (unpaired) electrons. The van der Waals surface area contributed by atoms with Crippen LogP contribution in [0.5, 0.6) is 5.75 Å². The van der Waals surface area contributed by atoms with Gasteiger partial charge in [-0.2, -0.15) is 0 Å². The Morgan fingerprint density at radius 1 is 1.47 bits per heavy atom. The molecule has 0 spiro atoms. The summed E-state index contributed by atoms with van der Waals surface area (Å²) in [4.78, 5) is 11.5. The maximum Gasteiger partial charge on any atom is 0.220 e. The first kappa shape index (κ1) is 15.5. The Hall–Kier alpha value is -1.55. The van der Waals surface area contributed by atoms with Gasteiger partial charge in [-0.25, -0.2) is 0 Å². The molecule has 4 nitrogen and oxygen atoms in total. The van der Waals surface area contributed by atoms with Crippen molar-refractivity contribution in [2.45, 2.75) is 39.2 Å². The zero-order valence-corrected chi connectivity index (χ0v) is 11.8. The van der Waals surface area contributed by atoms with E-state index < -0.39 is 0 Å². The minimum atomic E-state index is 0.0634. The number of hydrogen-bond acceptors (Lipinski definition) is 3. The molecule has 19 heavy (non-hydrogen) atoms. The molecule has 0 aliphatic heterocycles. The van der Waals surface area contributed by atoms with Gasteiger partial charge in [0.25, 0.3) is 0 Å². The zero-order chi connectivity index (χ0) is 14.1. The molecule has 1 amide bonds. The summed E-state index contributed by atoms with van der Waals surface area (Å²) in [5, 5.41) is 2.85. The van der Waals surface area contributed by atoms with E-state index >= 15 is 0 Å². The molecule has 1 aromatic rings. The van der Waals surface area contributed by atoms with Gasteiger partial charge in [-0.15, -0.1) is 0 Å². The topological polar surface area (TPSA) is 64.3 Å². The number of benzene rings is 1. The summed E-state index contributed by atoms with van der Waals surface area (Å²) in [6.07, 6.45) is 2.02. The highest BCUT2D eigenvalue weighted by Gasteiger charge is 2.02. The van der Waals surface area contributed by atoms with Gasteiger partial charge < -0.3 is 15.8 Å². The Bertz CT molecular complexity index is 391. The van der Waals surface area contributed by atoms with Crippen molar-refractivity contribution >= 4 is 5.91 Å². The Kier molecular flexibility index (Phi) is 6.97. The van der Waals surface area contributed by atoms with Crippen LogP contribution < -0.4 is 15.8 Å². The van der Waals surface area contributed by atoms with Crippen LogP contribution in [0.3, 0.4) is 0 Å². The number of rotatable bonds is 8. The van der Waals surface area contributed by atoms with Crippen molar-refractivity contribution in [3.63, 3.8) is 0 Å². The minimum Gasteiger partial charge on any atom is -0.494 e. The largest absolute Gasteiger partial charge is 0.494 e. The highest BCUT2D eigenvalue weighted by Crippen LogP contribution is 2.12. The average molecular weight is 264 g/mol. The van der Waals surface area contributed by atoms with Gasteiger partial charge >= 0.3 is 0 Å². The van der Waals surface area contributed by atoms with E-state index in [0.717, 1.165) is 18.6 Å². The minimum absolute atomic E-state index is 0.0634. The summed E-state index contributed by atoms with van der Waals surface area (Å²) in [6, 6.07) is 8.03. The van der Waals surface area contributed by atoms with E-state index in [9.17, 15) is 4.79 Å². The van der Waals surface area contributed by atoms with Crippen LogP contribution in [0.15, 0.2) is 24.3 Å². The number of nitrogens with one attached hydrogen (secondary N) is 1. The molecular weight excluding hydrogens is 240 g/mol. The van der Waals surface area contributed by atoms with Crippen molar-refractivity contribution < 1.29 is 9.53 Å². The van der Waals surface area contributed by atoms with E-state index in [1.165, 1.54) is 5.56 Å². The van der Waals surface area contributed by atoms with Crippen LogP contribution in [0.4, 0.5) is 0 Å². The summed E-state index contributed by atoms with van der Waals surface area (Å²) in [6.45, 7) is 5.17. The lowest BCUT2D eigenvalue weighted by Crippen LogP contribution is -2.28. The molecule has 0 saturated carbocycles. The molecule has 1 atom stereocenters. The van der Waals surface area contributed by atoms with Gasteiger partial charge in [0.15, 0.2) is 0 Å². The van der Waals surface area contributed by atoms with Crippen LogP contribution in [-0.4, -0.2) is 25.1 Å². The van der Waals surface area contributed by atoms with Crippen molar-refractivity contribution in [3.8, 4) is 5.75 Å². The highest BCUT2D eigenvalue weighted by molar-refractivity contribution is 5.75. The van der Waals surface area contributed by atoms with Crippen molar-refractivity contribution in [3.05, 3.63) is 29.8 Å². The van der Waals surface area contributed by atoms with Crippen LogP contribution >= 0.6 is 0 Å². The second-order valence-corrected chi connectivity index (χ2v) is 4.88. The molecular formula is C15H24N2O2. The van der Waals surface area contributed by atoms with E-state index in [0.29, 0.717) is 19.6 Å². The maximum atomic E-state index is 11.5. The van der Waals surface area contributed by atoms with E-state index in [2.05, 4.69) is 5.32 Å². The lowest BCUT2D eigenvalue weighted by Gasteiger charge is -2.08. The van der Waals surface area contributed by atoms with Gasteiger partial charge in [0, 0.05) is 19.0 Å². The number of nitrogens with two attached hydrogens (primary N) is 1. The first-order valence-corrected chi connectivity index (χ1v) is 6.79. The SMILES string of the molecule is Cc1cccc(OCCCC(=O)NCCC(C)N)c1. The molecule has 0 fully saturated rings. The van der Waals surface area contributed by atoms with Crippen LogP contribution in [-0.2, 0) is 4.79 Å². The number of hydrogen-bond donors (Lipinski definition) is 2. The molecule has 1 aromatic carbocycles. The zero-order valence-electron chi connectivity index (χ0n) is 11.8. The highest BCUT2D eigenvalue weighted by atomic mass is 16.5. The Morgan fingerprint density at radius 3 is 2.95 bits per heavy atom. The number of ether oxygens (including phenoxy) is 1. The summed E-state index contributed by atoms with van der Waals surface area (Å²) in [7, 11) is 0. The number of carbonyl (C=O) groups is 1. The summed E-state index contributed by atoms with van der Waals surface area (Å²) < 4.78 is 5.58. The van der Waals surface area contributed by atoms with Crippen molar-refractivity contribution in [2.75, 3.05) is 13.2 Å². The Morgan fingerprint density at radius 2 is 2.26 bits per heavy atom. The normalized spacial score (nSPS) is 11.9. The quantitative estimate of drug-likeness (QED) is 0.706. The first-order chi connectivity index (χ1) is 9.08. The van der Waals surface area contributed by atoms with Crippen molar-refractivity contribution in [1.82, 2.24) is 5.32 Å². The Labute approximate surface area is 115 Å². The third-order valence-corrected chi connectivity index (χ3v) is 2.73. The molecule has 0 aliphatic rings. The predicted molar refractivity (Wildman–Crippen MR) is 77.2 cm³/mol. The molecule has 0 aliphatic carbocycles. The molecule has 0 heterocycles. The second-order valence-electron chi connectivity index (χ2n) is 4.88. The Balaban J connectivity index is 2.08. The number of amides is 1. The smallest absolute Gasteiger partial charge is 0.220 e. The fraction of sp³-hybridized carbons (Fsp3) is 0.533. The standard InChI is InChI=1S/C15H24N2O2/c1-12-5-3-6-14(11-12)19-10-4-7-15(18)17-9-8-13(2)16/h3,5-6,11,13H,4,7-10,16H2,1-2H3,(H,17,18). The van der Waals surface area contributed by atoms with Crippen LogP contribution in [0, 0.1) is 6.92 Å².